The molecule has 4 N–H and O–H groups in total. The smallest absolute Gasteiger partial charge is 0.267 e. The molecule has 2 rings (SSSR count). The molecule has 0 saturated heterocycles. The van der Waals surface area contributed by atoms with Gasteiger partial charge in [-0.3, -0.25) is 4.79 Å². The number of nitrogens with two attached hydrogens (primary N) is 2. The van der Waals surface area contributed by atoms with Crippen LogP contribution < -0.4 is 11.5 Å². The van der Waals surface area contributed by atoms with Crippen molar-refractivity contribution in [2.24, 2.45) is 10.1 Å². The van der Waals surface area contributed by atoms with Gasteiger partial charge in [0.15, 0.2) is 11.6 Å². The predicted molar refractivity (Wildman–Crippen MR) is 85.0 cm³/mol. The third-order valence-electron chi connectivity index (χ3n) is 2.51. The third kappa shape index (κ3) is 3.98. The van der Waals surface area contributed by atoms with Crippen LogP contribution in [0.15, 0.2) is 22.6 Å². The molecular formula is C13H16N6O2S. The molecule has 116 valence electrons. The molecule has 8 nitrogen and oxygen atoms in total. The van der Waals surface area contributed by atoms with Gasteiger partial charge in [0.05, 0.1) is 0 Å². The summed E-state index contributed by atoms with van der Waals surface area (Å²) >= 11 is 0. The van der Waals surface area contributed by atoms with E-state index in [0.29, 0.717) is 22.9 Å². The molecule has 0 unspecified atom stereocenters. The molecule has 0 atom stereocenters. The Bertz CT molecular complexity index is 863. The number of carbonyl (C=O) groups is 1. The number of aryl methyl sites for hydroxylation is 1. The highest BCUT2D eigenvalue weighted by molar-refractivity contribution is 7.92. The number of hydrogen-bond acceptors (Lipinski definition) is 7. The average Bonchev–Trinajstić information content (AvgIpc) is 2.35. The molecule has 0 fully saturated rings. The quantitative estimate of drug-likeness (QED) is 0.861. The summed E-state index contributed by atoms with van der Waals surface area (Å²) in [5.41, 5.74) is 12.0. The van der Waals surface area contributed by atoms with Gasteiger partial charge >= 0.3 is 0 Å². The lowest BCUT2D eigenvalue weighted by Crippen LogP contribution is -2.14. The van der Waals surface area contributed by atoms with E-state index in [1.165, 1.54) is 24.6 Å². The first kappa shape index (κ1) is 15.8. The van der Waals surface area contributed by atoms with Gasteiger partial charge in [-0.15, -0.1) is 0 Å². The monoisotopic (exact) mass is 320 g/mol. The molecule has 0 bridgehead atoms. The molecule has 22 heavy (non-hydrogen) atoms. The standard InChI is InChI=1S/C13H16N6O2S/c1-7-4-11(19-22(2,3)21)18-13(16-7)8-5-9(12(15)20)17-10(14)6-8/h4-6H,1-3H3,(H2,14,17)(H2,15,20). The lowest BCUT2D eigenvalue weighted by Gasteiger charge is -2.06. The number of nitrogen functional groups attached to an aromatic ring is 1. The van der Waals surface area contributed by atoms with Gasteiger partial charge in [-0.05, 0) is 19.1 Å². The minimum atomic E-state index is -2.35. The van der Waals surface area contributed by atoms with E-state index in [1.54, 1.807) is 13.0 Å². The normalized spacial score (nSPS) is 11.2. The third-order valence-corrected chi connectivity index (χ3v) is 3.14. The van der Waals surface area contributed by atoms with E-state index in [2.05, 4.69) is 19.3 Å². The topological polar surface area (TPSA) is 137 Å². The Hall–Kier alpha value is -2.55. The Labute approximate surface area is 128 Å². The van der Waals surface area contributed by atoms with Crippen LogP contribution in [0.3, 0.4) is 0 Å². The summed E-state index contributed by atoms with van der Waals surface area (Å²) in [4.78, 5) is 23.6. The maximum Gasteiger partial charge on any atom is 0.267 e. The molecule has 0 aliphatic carbocycles. The highest BCUT2D eigenvalue weighted by Gasteiger charge is 2.11. The second kappa shape index (κ2) is 5.68. The largest absolute Gasteiger partial charge is 0.384 e. The fraction of sp³-hybridized carbons (Fsp3) is 0.231. The molecule has 2 aromatic heterocycles. The predicted octanol–water partition coefficient (Wildman–Crippen LogP) is 0.887. The molecule has 0 aromatic carbocycles. The van der Waals surface area contributed by atoms with Crippen molar-refractivity contribution < 1.29 is 9.00 Å². The van der Waals surface area contributed by atoms with Crippen LogP contribution >= 0.6 is 0 Å². The fourth-order valence-electron chi connectivity index (χ4n) is 1.76. The van der Waals surface area contributed by atoms with Crippen molar-refractivity contribution in [3.05, 3.63) is 29.6 Å². The Balaban J connectivity index is 2.63. The van der Waals surface area contributed by atoms with E-state index in [0.717, 1.165) is 0 Å². The van der Waals surface area contributed by atoms with E-state index < -0.39 is 15.6 Å². The number of nitrogens with zero attached hydrogens (tertiary/aromatic N) is 4. The van der Waals surface area contributed by atoms with Crippen molar-refractivity contribution in [3.8, 4) is 11.4 Å². The summed E-state index contributed by atoms with van der Waals surface area (Å²) in [6.45, 7) is 1.76. The van der Waals surface area contributed by atoms with Gasteiger partial charge in [-0.25, -0.2) is 19.2 Å². The van der Waals surface area contributed by atoms with Gasteiger partial charge in [0, 0.05) is 39.6 Å². The van der Waals surface area contributed by atoms with Crippen molar-refractivity contribution in [1.29, 1.82) is 0 Å². The number of pyridine rings is 1. The van der Waals surface area contributed by atoms with Gasteiger partial charge in [-0.1, -0.05) is 0 Å². The average molecular weight is 320 g/mol. The van der Waals surface area contributed by atoms with Crippen LogP contribution in [-0.4, -0.2) is 37.6 Å². The molecule has 1 amide bonds. The number of primary amides is 1. The lowest BCUT2D eigenvalue weighted by molar-refractivity contribution is 0.0995. The summed E-state index contributed by atoms with van der Waals surface area (Å²) in [7, 11) is -2.35. The van der Waals surface area contributed by atoms with Crippen LogP contribution in [0.25, 0.3) is 11.4 Å². The molecule has 0 spiro atoms. The van der Waals surface area contributed by atoms with Crippen molar-refractivity contribution >= 4 is 27.3 Å². The first-order chi connectivity index (χ1) is 10.1. The van der Waals surface area contributed by atoms with Crippen LogP contribution in [0.4, 0.5) is 11.6 Å². The minimum absolute atomic E-state index is 0.0216. The zero-order valence-electron chi connectivity index (χ0n) is 12.4. The van der Waals surface area contributed by atoms with Crippen LogP contribution in [0.1, 0.15) is 16.2 Å². The minimum Gasteiger partial charge on any atom is -0.384 e. The first-order valence-electron chi connectivity index (χ1n) is 6.24. The van der Waals surface area contributed by atoms with E-state index in [1.807, 2.05) is 0 Å². The second-order valence-corrected chi connectivity index (χ2v) is 7.54. The molecule has 0 aliphatic rings. The highest BCUT2D eigenvalue weighted by Crippen LogP contribution is 2.22. The maximum absolute atomic E-state index is 11.8. The Morgan fingerprint density at radius 2 is 1.86 bits per heavy atom. The SMILES string of the molecule is Cc1cc(N=S(C)(C)=O)nc(-c2cc(N)nc(C(N)=O)c2)n1. The number of anilines is 1. The summed E-state index contributed by atoms with van der Waals surface area (Å²) in [6, 6.07) is 4.60. The van der Waals surface area contributed by atoms with Crippen molar-refractivity contribution in [1.82, 2.24) is 15.0 Å². The van der Waals surface area contributed by atoms with Crippen LogP contribution in [-0.2, 0) is 9.73 Å². The highest BCUT2D eigenvalue weighted by atomic mass is 32.2. The molecular weight excluding hydrogens is 304 g/mol. The van der Waals surface area contributed by atoms with Crippen LogP contribution in [0.5, 0.6) is 0 Å². The Morgan fingerprint density at radius 1 is 1.18 bits per heavy atom. The number of carbonyl (C=O) groups excluding carboxylic acids is 1. The second-order valence-electron chi connectivity index (χ2n) is 4.99. The maximum atomic E-state index is 11.8. The first-order valence-corrected chi connectivity index (χ1v) is 8.58. The summed E-state index contributed by atoms with van der Waals surface area (Å²) < 4.78 is 15.9. The van der Waals surface area contributed by atoms with Gasteiger partial charge in [-0.2, -0.15) is 4.36 Å². The van der Waals surface area contributed by atoms with Gasteiger partial charge in [0.25, 0.3) is 5.91 Å². The van der Waals surface area contributed by atoms with Crippen molar-refractivity contribution in [3.63, 3.8) is 0 Å². The Kier molecular flexibility index (Phi) is 4.09. The summed E-state index contributed by atoms with van der Waals surface area (Å²) in [5, 5.41) is 0. The molecule has 0 radical (unpaired) electrons. The number of rotatable bonds is 3. The molecule has 2 heterocycles. The lowest BCUT2D eigenvalue weighted by atomic mass is 10.2. The molecule has 0 aliphatic heterocycles. The fourth-order valence-corrected chi connectivity index (χ4v) is 2.30. The summed E-state index contributed by atoms with van der Waals surface area (Å²) in [5.74, 6) is 0.0356. The van der Waals surface area contributed by atoms with E-state index in [-0.39, 0.29) is 11.5 Å². The van der Waals surface area contributed by atoms with Crippen molar-refractivity contribution in [2.45, 2.75) is 6.92 Å². The van der Waals surface area contributed by atoms with Crippen LogP contribution in [0.2, 0.25) is 0 Å². The zero-order chi connectivity index (χ0) is 16.5. The van der Waals surface area contributed by atoms with Crippen LogP contribution in [0, 0.1) is 6.92 Å². The number of hydrogen-bond donors (Lipinski definition) is 2. The molecule has 9 heteroatoms. The van der Waals surface area contributed by atoms with Gasteiger partial charge < -0.3 is 11.5 Å². The van der Waals surface area contributed by atoms with Gasteiger partial charge in [0.2, 0.25) is 0 Å². The van der Waals surface area contributed by atoms with Crippen molar-refractivity contribution in [2.75, 3.05) is 18.2 Å². The molecule has 0 saturated carbocycles. The van der Waals surface area contributed by atoms with E-state index in [4.69, 9.17) is 11.5 Å². The van der Waals surface area contributed by atoms with E-state index >= 15 is 0 Å². The summed E-state index contributed by atoms with van der Waals surface area (Å²) in [6.07, 6.45) is 3.03. The number of amides is 1. The van der Waals surface area contributed by atoms with E-state index in [9.17, 15) is 9.00 Å². The molecule has 2 aromatic rings. The zero-order valence-corrected chi connectivity index (χ0v) is 13.2. The van der Waals surface area contributed by atoms with Gasteiger partial charge in [0.1, 0.15) is 11.5 Å². The number of aromatic nitrogens is 3. The Morgan fingerprint density at radius 3 is 2.45 bits per heavy atom.